The molecule has 0 spiro atoms. The lowest BCUT2D eigenvalue weighted by Gasteiger charge is -2.15. The standard InChI is InChI=1S/C22H16ClNO2/c23-20-9-5-4-6-17(20)13-10-16-11-14-19(15-12-16)21(22(25)24-26)18-7-2-1-3-8-18/h1-9,11-12,14-15,21,26H,(H,24,25). The van der Waals surface area contributed by atoms with E-state index in [0.717, 1.165) is 22.3 Å². The quantitative estimate of drug-likeness (QED) is 0.413. The maximum Gasteiger partial charge on any atom is 0.255 e. The lowest BCUT2D eigenvalue weighted by atomic mass is 9.90. The summed E-state index contributed by atoms with van der Waals surface area (Å²) >= 11 is 6.11. The van der Waals surface area contributed by atoms with E-state index in [-0.39, 0.29) is 0 Å². The van der Waals surface area contributed by atoms with Gasteiger partial charge >= 0.3 is 0 Å². The third-order valence-corrected chi connectivity index (χ3v) is 4.29. The van der Waals surface area contributed by atoms with E-state index >= 15 is 0 Å². The Balaban J connectivity index is 1.88. The molecule has 0 aliphatic rings. The zero-order chi connectivity index (χ0) is 18.4. The van der Waals surface area contributed by atoms with Crippen molar-refractivity contribution in [1.29, 1.82) is 0 Å². The zero-order valence-corrected chi connectivity index (χ0v) is 14.6. The fourth-order valence-corrected chi connectivity index (χ4v) is 2.85. The lowest BCUT2D eigenvalue weighted by Crippen LogP contribution is -2.27. The number of hydroxylamine groups is 1. The molecule has 0 aromatic heterocycles. The van der Waals surface area contributed by atoms with Crippen molar-refractivity contribution in [1.82, 2.24) is 5.48 Å². The third kappa shape index (κ3) is 4.12. The molecule has 0 fully saturated rings. The Bertz CT molecular complexity index is 957. The highest BCUT2D eigenvalue weighted by Gasteiger charge is 2.22. The van der Waals surface area contributed by atoms with Crippen LogP contribution < -0.4 is 5.48 Å². The summed E-state index contributed by atoms with van der Waals surface area (Å²) < 4.78 is 0. The molecular weight excluding hydrogens is 346 g/mol. The van der Waals surface area contributed by atoms with Gasteiger partial charge in [0.25, 0.3) is 5.91 Å². The topological polar surface area (TPSA) is 49.3 Å². The van der Waals surface area contributed by atoms with Gasteiger partial charge in [0, 0.05) is 11.1 Å². The molecule has 3 aromatic carbocycles. The summed E-state index contributed by atoms with van der Waals surface area (Å²) in [6, 6.07) is 24.1. The van der Waals surface area contributed by atoms with Crippen LogP contribution in [0.1, 0.15) is 28.2 Å². The van der Waals surface area contributed by atoms with Gasteiger partial charge in [0.2, 0.25) is 0 Å². The van der Waals surface area contributed by atoms with Crippen molar-refractivity contribution in [3.63, 3.8) is 0 Å². The first-order chi connectivity index (χ1) is 12.7. The van der Waals surface area contributed by atoms with Crippen molar-refractivity contribution in [3.8, 4) is 11.8 Å². The fraction of sp³-hybridized carbons (Fsp3) is 0.0455. The molecule has 0 aliphatic heterocycles. The minimum Gasteiger partial charge on any atom is -0.289 e. The second-order valence-electron chi connectivity index (χ2n) is 5.67. The fourth-order valence-electron chi connectivity index (χ4n) is 2.67. The van der Waals surface area contributed by atoms with Gasteiger partial charge in [0.05, 0.1) is 10.9 Å². The van der Waals surface area contributed by atoms with Crippen LogP contribution in [0.15, 0.2) is 78.9 Å². The average Bonchev–Trinajstić information content (AvgIpc) is 2.69. The van der Waals surface area contributed by atoms with Crippen molar-refractivity contribution in [3.05, 3.63) is 106 Å². The van der Waals surface area contributed by atoms with Crippen LogP contribution in [0.3, 0.4) is 0 Å². The third-order valence-electron chi connectivity index (χ3n) is 3.96. The van der Waals surface area contributed by atoms with E-state index in [9.17, 15) is 4.79 Å². The summed E-state index contributed by atoms with van der Waals surface area (Å²) in [5, 5.41) is 9.70. The number of carbonyl (C=O) groups excluding carboxylic acids is 1. The SMILES string of the molecule is O=C(NO)C(c1ccccc1)c1ccc(C#Cc2ccccc2Cl)cc1. The summed E-state index contributed by atoms with van der Waals surface area (Å²) in [4.78, 5) is 12.1. The number of hydrogen-bond donors (Lipinski definition) is 2. The highest BCUT2D eigenvalue weighted by molar-refractivity contribution is 6.31. The first-order valence-corrected chi connectivity index (χ1v) is 8.42. The van der Waals surface area contributed by atoms with Crippen LogP contribution in [-0.2, 0) is 4.79 Å². The first kappa shape index (κ1) is 17.8. The maximum absolute atomic E-state index is 12.1. The summed E-state index contributed by atoms with van der Waals surface area (Å²) in [5.74, 6) is 5.04. The van der Waals surface area contributed by atoms with E-state index < -0.39 is 11.8 Å². The number of benzene rings is 3. The maximum atomic E-state index is 12.1. The second-order valence-corrected chi connectivity index (χ2v) is 6.08. The Kier molecular flexibility index (Phi) is 5.70. The van der Waals surface area contributed by atoms with E-state index in [1.54, 1.807) is 11.5 Å². The zero-order valence-electron chi connectivity index (χ0n) is 13.8. The molecule has 3 aromatic rings. The van der Waals surface area contributed by atoms with Crippen molar-refractivity contribution >= 4 is 17.5 Å². The lowest BCUT2D eigenvalue weighted by molar-refractivity contribution is -0.129. The van der Waals surface area contributed by atoms with Crippen molar-refractivity contribution in [2.24, 2.45) is 0 Å². The van der Waals surface area contributed by atoms with E-state index in [2.05, 4.69) is 11.8 Å². The number of nitrogens with one attached hydrogen (secondary N) is 1. The van der Waals surface area contributed by atoms with E-state index in [1.165, 1.54) is 0 Å². The number of hydrogen-bond acceptors (Lipinski definition) is 2. The predicted octanol–water partition coefficient (Wildman–Crippen LogP) is 4.38. The number of carbonyl (C=O) groups is 1. The van der Waals surface area contributed by atoms with E-state index in [0.29, 0.717) is 5.02 Å². The molecule has 128 valence electrons. The predicted molar refractivity (Wildman–Crippen MR) is 102 cm³/mol. The second kappa shape index (κ2) is 8.35. The van der Waals surface area contributed by atoms with Crippen LogP contribution in [0, 0.1) is 11.8 Å². The Hall–Kier alpha value is -3.06. The summed E-state index contributed by atoms with van der Waals surface area (Å²) in [6.07, 6.45) is 0. The van der Waals surface area contributed by atoms with E-state index in [1.807, 2.05) is 72.8 Å². The molecule has 3 nitrogen and oxygen atoms in total. The van der Waals surface area contributed by atoms with Gasteiger partial charge in [-0.15, -0.1) is 0 Å². The van der Waals surface area contributed by atoms with Gasteiger partial charge in [0.1, 0.15) is 0 Å². The van der Waals surface area contributed by atoms with Gasteiger partial charge < -0.3 is 0 Å². The van der Waals surface area contributed by atoms with Crippen molar-refractivity contribution in [2.75, 3.05) is 0 Å². The molecule has 2 N–H and O–H groups in total. The molecule has 3 rings (SSSR count). The van der Waals surface area contributed by atoms with Gasteiger partial charge in [-0.3, -0.25) is 10.0 Å². The number of halogens is 1. The molecule has 26 heavy (non-hydrogen) atoms. The van der Waals surface area contributed by atoms with Gasteiger partial charge in [-0.1, -0.05) is 78.0 Å². The van der Waals surface area contributed by atoms with Crippen LogP contribution in [0.4, 0.5) is 0 Å². The highest BCUT2D eigenvalue weighted by Crippen LogP contribution is 2.25. The molecule has 0 saturated heterocycles. The monoisotopic (exact) mass is 361 g/mol. The minimum atomic E-state index is -0.591. The van der Waals surface area contributed by atoms with Crippen LogP contribution in [-0.4, -0.2) is 11.1 Å². The van der Waals surface area contributed by atoms with Gasteiger partial charge in [-0.25, -0.2) is 5.48 Å². The normalized spacial score (nSPS) is 11.2. The van der Waals surface area contributed by atoms with Crippen molar-refractivity contribution in [2.45, 2.75) is 5.92 Å². The van der Waals surface area contributed by atoms with Crippen LogP contribution in [0.25, 0.3) is 0 Å². The average molecular weight is 362 g/mol. The molecule has 4 heteroatoms. The van der Waals surface area contributed by atoms with Crippen LogP contribution in [0.5, 0.6) is 0 Å². The first-order valence-electron chi connectivity index (χ1n) is 8.04. The Labute approximate surface area is 157 Å². The Morgan fingerprint density at radius 1 is 0.846 bits per heavy atom. The summed E-state index contributed by atoms with van der Waals surface area (Å²) in [6.45, 7) is 0. The Morgan fingerprint density at radius 2 is 1.46 bits per heavy atom. The molecule has 0 saturated carbocycles. The van der Waals surface area contributed by atoms with Gasteiger partial charge in [-0.05, 0) is 35.4 Å². The Morgan fingerprint density at radius 3 is 2.12 bits per heavy atom. The highest BCUT2D eigenvalue weighted by atomic mass is 35.5. The molecular formula is C22H16ClNO2. The molecule has 1 atom stereocenters. The minimum absolute atomic E-state index is 0.480. The van der Waals surface area contributed by atoms with E-state index in [4.69, 9.17) is 16.8 Å². The largest absolute Gasteiger partial charge is 0.289 e. The molecule has 0 radical (unpaired) electrons. The smallest absolute Gasteiger partial charge is 0.255 e. The van der Waals surface area contributed by atoms with Crippen LogP contribution in [0.2, 0.25) is 5.02 Å². The van der Waals surface area contributed by atoms with Gasteiger partial charge in [0.15, 0.2) is 0 Å². The van der Waals surface area contributed by atoms with Crippen molar-refractivity contribution < 1.29 is 10.0 Å². The van der Waals surface area contributed by atoms with Gasteiger partial charge in [-0.2, -0.15) is 0 Å². The molecule has 0 bridgehead atoms. The van der Waals surface area contributed by atoms with Crippen LogP contribution >= 0.6 is 11.6 Å². The molecule has 0 heterocycles. The molecule has 0 aliphatic carbocycles. The molecule has 1 unspecified atom stereocenters. The number of rotatable bonds is 3. The molecule has 1 amide bonds. The summed E-state index contributed by atoms with van der Waals surface area (Å²) in [5.41, 5.74) is 4.89. The summed E-state index contributed by atoms with van der Waals surface area (Å²) in [7, 11) is 0. The number of amides is 1.